The van der Waals surface area contributed by atoms with Crippen LogP contribution in [0.3, 0.4) is 0 Å². The smallest absolute Gasteiger partial charge is 0.213 e. The second-order valence-electron chi connectivity index (χ2n) is 6.26. The van der Waals surface area contributed by atoms with E-state index in [9.17, 15) is 0 Å². The number of aryl methyl sites for hydroxylation is 1. The summed E-state index contributed by atoms with van der Waals surface area (Å²) in [5.74, 6) is 0. The lowest BCUT2D eigenvalue weighted by molar-refractivity contribution is 0.644. The SMILES string of the molecule is Cp1oc2ccc3c(c2c2c(ccc4ccccc42)o1)C=CCC=C3. The van der Waals surface area contributed by atoms with Crippen molar-refractivity contribution in [2.24, 2.45) is 6.66 Å². The first-order valence-corrected chi connectivity index (χ1v) is 10.1. The molecule has 1 aliphatic rings. The van der Waals surface area contributed by atoms with Gasteiger partial charge in [-0.05, 0) is 40.5 Å². The number of fused-ring (bicyclic) bond motifs is 7. The van der Waals surface area contributed by atoms with E-state index >= 15 is 0 Å². The Labute approximate surface area is 146 Å². The Morgan fingerprint density at radius 2 is 1.56 bits per heavy atom. The molecule has 1 aliphatic carbocycles. The highest BCUT2D eigenvalue weighted by molar-refractivity contribution is 7.35. The van der Waals surface area contributed by atoms with Crippen LogP contribution < -0.4 is 0 Å². The van der Waals surface area contributed by atoms with Crippen molar-refractivity contribution in [1.29, 1.82) is 0 Å². The van der Waals surface area contributed by atoms with Crippen LogP contribution in [0.1, 0.15) is 17.5 Å². The van der Waals surface area contributed by atoms with Crippen molar-refractivity contribution >= 4 is 52.9 Å². The fourth-order valence-corrected chi connectivity index (χ4v) is 4.51. The number of allylic oxidation sites excluding steroid dienone is 2. The molecule has 4 aromatic rings. The topological polar surface area (TPSA) is 26.3 Å². The summed E-state index contributed by atoms with van der Waals surface area (Å²) in [7, 11) is -1.01. The molecule has 0 N–H and O–H groups in total. The number of rotatable bonds is 0. The van der Waals surface area contributed by atoms with Gasteiger partial charge in [0.25, 0.3) is 0 Å². The Hall–Kier alpha value is -2.70. The molecule has 0 radical (unpaired) electrons. The van der Waals surface area contributed by atoms with Gasteiger partial charge in [-0.3, -0.25) is 0 Å². The fourth-order valence-electron chi connectivity index (χ4n) is 3.62. The molecule has 3 heteroatoms. The standard InChI is InChI=1S/C22H17O2P/c1-25-23-19-13-11-15-7-3-2-4-9-17(15)21(19)22-18-10-6-5-8-16(18)12-14-20(22)24-25/h3-14H,2H2,1H3. The van der Waals surface area contributed by atoms with Crippen LogP contribution in [0.15, 0.2) is 69.1 Å². The third kappa shape index (κ3) is 2.33. The van der Waals surface area contributed by atoms with Gasteiger partial charge in [0.15, 0.2) is 0 Å². The summed E-state index contributed by atoms with van der Waals surface area (Å²) < 4.78 is 12.3. The summed E-state index contributed by atoms with van der Waals surface area (Å²) in [6.07, 6.45) is 9.75. The van der Waals surface area contributed by atoms with Crippen molar-refractivity contribution in [1.82, 2.24) is 0 Å². The lowest BCUT2D eigenvalue weighted by atomic mass is 9.96. The van der Waals surface area contributed by atoms with Gasteiger partial charge in [-0.25, -0.2) is 0 Å². The van der Waals surface area contributed by atoms with Crippen molar-refractivity contribution in [3.05, 3.63) is 71.8 Å². The molecule has 25 heavy (non-hydrogen) atoms. The predicted molar refractivity (Wildman–Crippen MR) is 107 cm³/mol. The Bertz CT molecular complexity index is 1230. The van der Waals surface area contributed by atoms with Crippen LogP contribution in [0.2, 0.25) is 0 Å². The van der Waals surface area contributed by atoms with Crippen molar-refractivity contribution in [3.63, 3.8) is 0 Å². The maximum atomic E-state index is 6.18. The third-order valence-electron chi connectivity index (χ3n) is 4.69. The highest BCUT2D eigenvalue weighted by Crippen LogP contribution is 2.39. The van der Waals surface area contributed by atoms with E-state index in [0.29, 0.717) is 0 Å². The predicted octanol–water partition coefficient (Wildman–Crippen LogP) is 7.41. The van der Waals surface area contributed by atoms with Crippen LogP contribution >= 0.6 is 8.01 Å². The van der Waals surface area contributed by atoms with Crippen LogP contribution in [-0.4, -0.2) is 0 Å². The van der Waals surface area contributed by atoms with Crippen molar-refractivity contribution in [3.8, 4) is 0 Å². The first kappa shape index (κ1) is 14.6. The summed E-state index contributed by atoms with van der Waals surface area (Å²) in [6, 6.07) is 16.9. The Balaban J connectivity index is 2.16. The minimum Gasteiger partial charge on any atom is -0.419 e. The highest BCUT2D eigenvalue weighted by Gasteiger charge is 2.13. The monoisotopic (exact) mass is 344 g/mol. The van der Waals surface area contributed by atoms with Crippen LogP contribution in [0.4, 0.5) is 0 Å². The zero-order chi connectivity index (χ0) is 16.8. The second kappa shape index (κ2) is 5.68. The van der Waals surface area contributed by atoms with Gasteiger partial charge in [0.1, 0.15) is 11.2 Å². The van der Waals surface area contributed by atoms with Gasteiger partial charge in [0.05, 0.1) is 0 Å². The molecule has 1 aromatic heterocycles. The molecule has 1 unspecified atom stereocenters. The summed E-state index contributed by atoms with van der Waals surface area (Å²) in [6.45, 7) is 2.00. The molecule has 0 spiro atoms. The zero-order valence-corrected chi connectivity index (χ0v) is 14.8. The normalized spacial score (nSPS) is 14.0. The quantitative estimate of drug-likeness (QED) is 0.332. The molecule has 0 amide bonds. The lowest BCUT2D eigenvalue weighted by Gasteiger charge is -2.07. The summed E-state index contributed by atoms with van der Waals surface area (Å²) >= 11 is 0. The molecule has 2 nitrogen and oxygen atoms in total. The molecule has 122 valence electrons. The molecular formula is C22H17O2P. The van der Waals surface area contributed by atoms with Gasteiger partial charge in [-0.1, -0.05) is 60.7 Å². The Morgan fingerprint density at radius 3 is 2.48 bits per heavy atom. The molecule has 0 saturated carbocycles. The summed E-state index contributed by atoms with van der Waals surface area (Å²) in [5, 5.41) is 4.68. The number of benzene rings is 3. The molecule has 5 rings (SSSR count). The maximum absolute atomic E-state index is 6.18. The maximum Gasteiger partial charge on any atom is 0.213 e. The van der Waals surface area contributed by atoms with Gasteiger partial charge >= 0.3 is 0 Å². The van der Waals surface area contributed by atoms with Gasteiger partial charge < -0.3 is 8.39 Å². The van der Waals surface area contributed by atoms with E-state index in [1.807, 2.05) is 6.66 Å². The fraction of sp³-hybridized carbons (Fsp3) is 0.0909. The zero-order valence-electron chi connectivity index (χ0n) is 13.9. The minimum absolute atomic E-state index is 0.904. The number of hydrogen-bond donors (Lipinski definition) is 0. The minimum atomic E-state index is -1.01. The Kier molecular flexibility index (Phi) is 3.33. The molecule has 0 fully saturated rings. The molecule has 0 saturated heterocycles. The molecule has 1 atom stereocenters. The van der Waals surface area contributed by atoms with E-state index in [2.05, 4.69) is 72.8 Å². The molecule has 0 aliphatic heterocycles. The first-order chi connectivity index (χ1) is 12.3. The van der Waals surface area contributed by atoms with Crippen molar-refractivity contribution in [2.75, 3.05) is 0 Å². The van der Waals surface area contributed by atoms with E-state index < -0.39 is 8.01 Å². The van der Waals surface area contributed by atoms with Gasteiger partial charge in [-0.2, -0.15) is 0 Å². The van der Waals surface area contributed by atoms with Gasteiger partial charge in [0.2, 0.25) is 8.01 Å². The van der Waals surface area contributed by atoms with E-state index in [-0.39, 0.29) is 0 Å². The third-order valence-corrected chi connectivity index (χ3v) is 5.60. The van der Waals surface area contributed by atoms with E-state index in [0.717, 1.165) is 28.4 Å². The summed E-state index contributed by atoms with van der Waals surface area (Å²) in [5.41, 5.74) is 4.23. The molecule has 0 bridgehead atoms. The molecule has 3 aromatic carbocycles. The van der Waals surface area contributed by atoms with Crippen LogP contribution in [0.5, 0.6) is 0 Å². The van der Waals surface area contributed by atoms with Crippen LogP contribution in [-0.2, 0) is 6.66 Å². The van der Waals surface area contributed by atoms with E-state index in [1.165, 1.54) is 21.9 Å². The van der Waals surface area contributed by atoms with Gasteiger partial charge in [0, 0.05) is 17.4 Å². The first-order valence-electron chi connectivity index (χ1n) is 8.43. The van der Waals surface area contributed by atoms with Crippen molar-refractivity contribution < 1.29 is 8.39 Å². The largest absolute Gasteiger partial charge is 0.419 e. The average molecular weight is 344 g/mol. The van der Waals surface area contributed by atoms with E-state index in [1.54, 1.807) is 0 Å². The Morgan fingerprint density at radius 1 is 0.800 bits per heavy atom. The molecular weight excluding hydrogens is 327 g/mol. The average Bonchev–Trinajstić information content (AvgIpc) is 2.95. The molecule has 1 heterocycles. The van der Waals surface area contributed by atoms with Crippen molar-refractivity contribution in [2.45, 2.75) is 6.42 Å². The van der Waals surface area contributed by atoms with Gasteiger partial charge in [-0.15, -0.1) is 0 Å². The second-order valence-corrected chi connectivity index (χ2v) is 7.51. The highest BCUT2D eigenvalue weighted by atomic mass is 31.1. The van der Waals surface area contributed by atoms with Crippen LogP contribution in [0.25, 0.3) is 44.9 Å². The lowest BCUT2D eigenvalue weighted by Crippen LogP contribution is -1.85. The summed E-state index contributed by atoms with van der Waals surface area (Å²) in [4.78, 5) is 0. The van der Waals surface area contributed by atoms with Crippen LogP contribution in [0, 0.1) is 0 Å². The van der Waals surface area contributed by atoms with E-state index in [4.69, 9.17) is 8.39 Å². The number of hydrogen-bond acceptors (Lipinski definition) is 2.